The van der Waals surface area contributed by atoms with E-state index in [9.17, 15) is 9.90 Å². The first-order valence-corrected chi connectivity index (χ1v) is 9.63. The summed E-state index contributed by atoms with van der Waals surface area (Å²) in [5, 5.41) is 19.6. The zero-order valence-electron chi connectivity index (χ0n) is 16.4. The minimum Gasteiger partial charge on any atom is -0.508 e. The van der Waals surface area contributed by atoms with Crippen molar-refractivity contribution in [1.29, 1.82) is 0 Å². The van der Waals surface area contributed by atoms with Gasteiger partial charge >= 0.3 is 0 Å². The van der Waals surface area contributed by atoms with Crippen LogP contribution in [-0.2, 0) is 18.3 Å². The van der Waals surface area contributed by atoms with Crippen LogP contribution in [0.1, 0.15) is 18.9 Å². The zero-order valence-corrected chi connectivity index (χ0v) is 16.4. The van der Waals surface area contributed by atoms with Gasteiger partial charge in [0.2, 0.25) is 5.91 Å². The Morgan fingerprint density at radius 2 is 2.14 bits per heavy atom. The Labute approximate surface area is 165 Å². The maximum Gasteiger partial charge on any atom is 0.246 e. The number of guanidine groups is 1. The first-order valence-electron chi connectivity index (χ1n) is 9.63. The van der Waals surface area contributed by atoms with Gasteiger partial charge in [0.15, 0.2) is 5.96 Å². The van der Waals surface area contributed by atoms with E-state index in [2.05, 4.69) is 31.8 Å². The summed E-state index contributed by atoms with van der Waals surface area (Å²) in [4.78, 5) is 18.9. The van der Waals surface area contributed by atoms with Crippen LogP contribution in [0.2, 0.25) is 0 Å². The first-order chi connectivity index (χ1) is 13.5. The van der Waals surface area contributed by atoms with Crippen LogP contribution >= 0.6 is 0 Å². The summed E-state index contributed by atoms with van der Waals surface area (Å²) >= 11 is 0. The van der Waals surface area contributed by atoms with Gasteiger partial charge in [0.1, 0.15) is 12.3 Å². The topological polar surface area (TPSA) is 94.8 Å². The number of nitrogens with one attached hydrogen (secondary N) is 2. The van der Waals surface area contributed by atoms with Crippen LogP contribution in [0.15, 0.2) is 41.7 Å². The molecule has 1 unspecified atom stereocenters. The van der Waals surface area contributed by atoms with Crippen LogP contribution in [0, 0.1) is 5.92 Å². The SMILES string of the molecule is CCNC(=NCC(=O)Nc1ccc(O)cc1)N1CCC(Cc2cnn(C)c2)C1. The standard InChI is InChI=1S/C20H28N6O2/c1-3-21-20(22-12-19(28)24-17-4-6-18(27)7-5-17)26-9-8-15(14-26)10-16-11-23-25(2)13-16/h4-7,11,13,15,27H,3,8-10,12,14H2,1-2H3,(H,21,22)(H,24,28). The van der Waals surface area contributed by atoms with Gasteiger partial charge in [-0.25, -0.2) is 4.99 Å². The molecule has 1 aliphatic heterocycles. The van der Waals surface area contributed by atoms with E-state index in [1.165, 1.54) is 17.7 Å². The van der Waals surface area contributed by atoms with Crippen LogP contribution < -0.4 is 10.6 Å². The van der Waals surface area contributed by atoms with Gasteiger partial charge in [-0.3, -0.25) is 9.48 Å². The number of phenolic OH excluding ortho intramolecular Hbond substituents is 1. The fourth-order valence-electron chi connectivity index (χ4n) is 3.42. The Kier molecular flexibility index (Phi) is 6.52. The number of carbonyl (C=O) groups is 1. The average molecular weight is 384 g/mol. The smallest absolute Gasteiger partial charge is 0.246 e. The summed E-state index contributed by atoms with van der Waals surface area (Å²) in [7, 11) is 1.93. The van der Waals surface area contributed by atoms with E-state index in [4.69, 9.17) is 0 Å². The zero-order chi connectivity index (χ0) is 19.9. The second kappa shape index (κ2) is 9.25. The molecule has 1 saturated heterocycles. The number of anilines is 1. The summed E-state index contributed by atoms with van der Waals surface area (Å²) < 4.78 is 1.83. The molecule has 0 bridgehead atoms. The Hall–Kier alpha value is -3.03. The van der Waals surface area contributed by atoms with Crippen LogP contribution in [0.3, 0.4) is 0 Å². The van der Waals surface area contributed by atoms with Crippen molar-refractivity contribution in [2.45, 2.75) is 19.8 Å². The van der Waals surface area contributed by atoms with Gasteiger partial charge in [0.05, 0.1) is 6.20 Å². The number of nitrogens with zero attached hydrogens (tertiary/aromatic N) is 4. The van der Waals surface area contributed by atoms with Crippen molar-refractivity contribution in [2.24, 2.45) is 18.0 Å². The normalized spacial score (nSPS) is 17.0. The summed E-state index contributed by atoms with van der Waals surface area (Å²) in [5.41, 5.74) is 1.89. The molecule has 1 amide bonds. The molecular weight excluding hydrogens is 356 g/mol. The van der Waals surface area contributed by atoms with E-state index < -0.39 is 0 Å². The molecule has 0 aliphatic carbocycles. The van der Waals surface area contributed by atoms with Crippen molar-refractivity contribution in [2.75, 3.05) is 31.5 Å². The summed E-state index contributed by atoms with van der Waals surface area (Å²) in [6.45, 7) is 4.67. The molecule has 1 aromatic heterocycles. The Balaban J connectivity index is 1.54. The lowest BCUT2D eigenvalue weighted by Gasteiger charge is -2.21. The lowest BCUT2D eigenvalue weighted by atomic mass is 10.0. The maximum atomic E-state index is 12.2. The maximum absolute atomic E-state index is 12.2. The van der Waals surface area contributed by atoms with Gasteiger partial charge in [-0.1, -0.05) is 0 Å². The number of carbonyl (C=O) groups excluding carboxylic acids is 1. The third-order valence-electron chi connectivity index (χ3n) is 4.73. The number of aliphatic imine (C=N–C) groups is 1. The minimum absolute atomic E-state index is 0.0486. The van der Waals surface area contributed by atoms with Crippen molar-refractivity contribution in [1.82, 2.24) is 20.0 Å². The second-order valence-corrected chi connectivity index (χ2v) is 7.09. The van der Waals surface area contributed by atoms with Crippen molar-refractivity contribution >= 4 is 17.6 Å². The molecule has 0 spiro atoms. The van der Waals surface area contributed by atoms with Gasteiger partial charge in [-0.2, -0.15) is 5.10 Å². The Morgan fingerprint density at radius 1 is 1.36 bits per heavy atom. The molecule has 1 atom stereocenters. The average Bonchev–Trinajstić information content (AvgIpc) is 3.30. The van der Waals surface area contributed by atoms with Gasteiger partial charge in [-0.05, 0) is 55.5 Å². The molecule has 2 heterocycles. The highest BCUT2D eigenvalue weighted by Gasteiger charge is 2.25. The third-order valence-corrected chi connectivity index (χ3v) is 4.73. The molecule has 8 nitrogen and oxygen atoms in total. The predicted molar refractivity (Wildman–Crippen MR) is 109 cm³/mol. The molecule has 3 rings (SSSR count). The summed E-state index contributed by atoms with van der Waals surface area (Å²) in [6, 6.07) is 6.39. The molecule has 28 heavy (non-hydrogen) atoms. The minimum atomic E-state index is -0.188. The molecule has 8 heteroatoms. The highest BCUT2D eigenvalue weighted by Crippen LogP contribution is 2.20. The summed E-state index contributed by atoms with van der Waals surface area (Å²) in [6.07, 6.45) is 6.09. The number of aryl methyl sites for hydroxylation is 1. The predicted octanol–water partition coefficient (Wildman–Crippen LogP) is 1.59. The number of phenols is 1. The number of benzene rings is 1. The van der Waals surface area contributed by atoms with Crippen molar-refractivity contribution in [3.63, 3.8) is 0 Å². The van der Waals surface area contributed by atoms with Crippen LogP contribution in [0.5, 0.6) is 5.75 Å². The number of aromatic hydroxyl groups is 1. The molecule has 150 valence electrons. The molecule has 1 fully saturated rings. The Morgan fingerprint density at radius 3 is 2.82 bits per heavy atom. The number of amides is 1. The van der Waals surface area contributed by atoms with Gasteiger partial charge in [0.25, 0.3) is 0 Å². The number of hydrogen-bond acceptors (Lipinski definition) is 4. The lowest BCUT2D eigenvalue weighted by molar-refractivity contribution is -0.114. The molecular formula is C20H28N6O2. The van der Waals surface area contributed by atoms with Crippen molar-refractivity contribution < 1.29 is 9.90 Å². The molecule has 2 aromatic rings. The fourth-order valence-corrected chi connectivity index (χ4v) is 3.42. The quantitative estimate of drug-likeness (QED) is 0.399. The second-order valence-electron chi connectivity index (χ2n) is 7.09. The lowest BCUT2D eigenvalue weighted by Crippen LogP contribution is -2.40. The van der Waals surface area contributed by atoms with E-state index in [0.29, 0.717) is 11.6 Å². The van der Waals surface area contributed by atoms with E-state index in [1.807, 2.05) is 24.9 Å². The van der Waals surface area contributed by atoms with Gasteiger partial charge in [-0.15, -0.1) is 0 Å². The number of likely N-dealkylation sites (tertiary alicyclic amines) is 1. The van der Waals surface area contributed by atoms with Crippen LogP contribution in [0.4, 0.5) is 5.69 Å². The van der Waals surface area contributed by atoms with Crippen molar-refractivity contribution in [3.8, 4) is 5.75 Å². The van der Waals surface area contributed by atoms with E-state index in [-0.39, 0.29) is 18.2 Å². The first kappa shape index (κ1) is 19.7. The monoisotopic (exact) mass is 384 g/mol. The largest absolute Gasteiger partial charge is 0.508 e. The number of hydrogen-bond donors (Lipinski definition) is 3. The highest BCUT2D eigenvalue weighted by atomic mass is 16.3. The molecule has 0 radical (unpaired) electrons. The molecule has 1 aliphatic rings. The summed E-state index contributed by atoms with van der Waals surface area (Å²) in [5.74, 6) is 1.31. The van der Waals surface area contributed by atoms with Crippen LogP contribution in [0.25, 0.3) is 0 Å². The fraction of sp³-hybridized carbons (Fsp3) is 0.450. The van der Waals surface area contributed by atoms with Gasteiger partial charge in [0, 0.05) is 38.6 Å². The molecule has 3 N–H and O–H groups in total. The molecule has 1 aromatic carbocycles. The number of rotatable bonds is 6. The Bertz CT molecular complexity index is 814. The van der Waals surface area contributed by atoms with E-state index >= 15 is 0 Å². The van der Waals surface area contributed by atoms with Crippen molar-refractivity contribution in [3.05, 3.63) is 42.2 Å². The third kappa shape index (κ3) is 5.48. The van der Waals surface area contributed by atoms with Gasteiger partial charge < -0.3 is 20.6 Å². The van der Waals surface area contributed by atoms with E-state index in [1.54, 1.807) is 12.1 Å². The van der Waals surface area contributed by atoms with E-state index in [0.717, 1.165) is 38.4 Å². The number of aromatic nitrogens is 2. The highest BCUT2D eigenvalue weighted by molar-refractivity contribution is 5.94. The molecule has 0 saturated carbocycles. The van der Waals surface area contributed by atoms with Crippen LogP contribution in [-0.4, -0.2) is 57.8 Å².